The number of aromatic nitrogens is 2. The molecule has 1 aliphatic heterocycles. The average molecular weight is 325 g/mol. The van der Waals surface area contributed by atoms with Gasteiger partial charge in [0.25, 0.3) is 0 Å². The number of ether oxygens (including phenoxy) is 2. The quantitative estimate of drug-likeness (QED) is 0.847. The summed E-state index contributed by atoms with van der Waals surface area (Å²) in [6, 6.07) is 2.42. The Morgan fingerprint density at radius 1 is 1.48 bits per heavy atom. The number of halogens is 2. The van der Waals surface area contributed by atoms with Gasteiger partial charge in [-0.2, -0.15) is 0 Å². The van der Waals surface area contributed by atoms with Crippen molar-refractivity contribution in [2.24, 2.45) is 0 Å². The summed E-state index contributed by atoms with van der Waals surface area (Å²) in [5, 5.41) is 2.60. The van der Waals surface area contributed by atoms with E-state index in [9.17, 15) is 13.6 Å². The van der Waals surface area contributed by atoms with Gasteiger partial charge >= 0.3 is 0 Å². The van der Waals surface area contributed by atoms with Gasteiger partial charge in [0.05, 0.1) is 24.8 Å². The first kappa shape index (κ1) is 15.8. The summed E-state index contributed by atoms with van der Waals surface area (Å²) in [4.78, 5) is 18.4. The third-order valence-electron chi connectivity index (χ3n) is 3.61. The largest absolute Gasteiger partial charge is 0.376 e. The lowest BCUT2D eigenvalue weighted by atomic mass is 10.2. The van der Waals surface area contributed by atoms with Crippen molar-refractivity contribution in [3.63, 3.8) is 0 Å². The zero-order valence-electron chi connectivity index (χ0n) is 12.4. The van der Waals surface area contributed by atoms with Crippen LogP contribution in [0.2, 0.25) is 0 Å². The molecule has 1 unspecified atom stereocenters. The molecule has 1 fully saturated rings. The maximum atomic E-state index is 13.5. The van der Waals surface area contributed by atoms with Crippen LogP contribution in [0.4, 0.5) is 8.78 Å². The second-order valence-corrected chi connectivity index (χ2v) is 5.37. The molecule has 1 atom stereocenters. The maximum Gasteiger partial charge on any atom is 0.246 e. The molecule has 2 aromatic rings. The summed E-state index contributed by atoms with van der Waals surface area (Å²) in [6.07, 6.45) is 2.03. The molecule has 3 rings (SSSR count). The van der Waals surface area contributed by atoms with Gasteiger partial charge in [0.15, 0.2) is 11.6 Å². The van der Waals surface area contributed by atoms with Crippen molar-refractivity contribution in [3.05, 3.63) is 29.6 Å². The minimum absolute atomic E-state index is 0.0658. The molecule has 124 valence electrons. The fourth-order valence-corrected chi connectivity index (χ4v) is 2.44. The molecule has 0 aliphatic carbocycles. The standard InChI is InChI=1S/C15H17F2N3O3/c16-10-3-4-11-15(14(10)17)20-12(19-11)6-18-13(21)8-22-7-9-2-1-5-23-9/h3-4,9H,1-2,5-8H2,(H,18,21)(H,19,20). The average Bonchev–Trinajstić information content (AvgIpc) is 3.18. The van der Waals surface area contributed by atoms with E-state index in [1.54, 1.807) is 0 Å². The Morgan fingerprint density at radius 2 is 2.35 bits per heavy atom. The number of amides is 1. The van der Waals surface area contributed by atoms with Crippen LogP contribution in [0.25, 0.3) is 11.0 Å². The van der Waals surface area contributed by atoms with Crippen LogP contribution >= 0.6 is 0 Å². The minimum Gasteiger partial charge on any atom is -0.376 e. The predicted molar refractivity (Wildman–Crippen MR) is 77.6 cm³/mol. The SMILES string of the molecule is O=C(COCC1CCCO1)NCc1nc2c(F)c(F)ccc2[nH]1. The number of fused-ring (bicyclic) bond motifs is 1. The molecule has 1 aromatic heterocycles. The number of hydrogen-bond donors (Lipinski definition) is 2. The number of carbonyl (C=O) groups is 1. The van der Waals surface area contributed by atoms with E-state index >= 15 is 0 Å². The zero-order chi connectivity index (χ0) is 16.2. The zero-order valence-corrected chi connectivity index (χ0v) is 12.4. The molecule has 0 saturated carbocycles. The van der Waals surface area contributed by atoms with Crippen LogP contribution in [0.3, 0.4) is 0 Å². The molecule has 0 spiro atoms. The lowest BCUT2D eigenvalue weighted by Crippen LogP contribution is -2.29. The molecular weight excluding hydrogens is 308 g/mol. The predicted octanol–water partition coefficient (Wildman–Crippen LogP) is 1.65. The van der Waals surface area contributed by atoms with Gasteiger partial charge in [-0.05, 0) is 25.0 Å². The number of carbonyl (C=O) groups excluding carboxylic acids is 1. The molecule has 1 aliphatic rings. The number of aromatic amines is 1. The maximum absolute atomic E-state index is 13.5. The van der Waals surface area contributed by atoms with E-state index in [0.29, 0.717) is 17.9 Å². The Morgan fingerprint density at radius 3 is 3.13 bits per heavy atom. The number of benzene rings is 1. The van der Waals surface area contributed by atoms with Gasteiger partial charge in [0.2, 0.25) is 5.91 Å². The van der Waals surface area contributed by atoms with Crippen molar-refractivity contribution in [2.75, 3.05) is 19.8 Å². The van der Waals surface area contributed by atoms with Gasteiger partial charge in [0, 0.05) is 6.61 Å². The first-order valence-electron chi connectivity index (χ1n) is 7.42. The molecule has 1 aromatic carbocycles. The molecular formula is C15H17F2N3O3. The van der Waals surface area contributed by atoms with Gasteiger partial charge in [0.1, 0.15) is 17.9 Å². The summed E-state index contributed by atoms with van der Waals surface area (Å²) in [6.45, 7) is 1.13. The van der Waals surface area contributed by atoms with Crippen LogP contribution in [0.5, 0.6) is 0 Å². The van der Waals surface area contributed by atoms with E-state index in [4.69, 9.17) is 9.47 Å². The summed E-state index contributed by atoms with van der Waals surface area (Å²) >= 11 is 0. The number of hydrogen-bond acceptors (Lipinski definition) is 4. The van der Waals surface area contributed by atoms with Crippen LogP contribution in [0.1, 0.15) is 18.7 Å². The highest BCUT2D eigenvalue weighted by molar-refractivity contribution is 5.78. The Bertz CT molecular complexity index is 699. The van der Waals surface area contributed by atoms with E-state index in [1.807, 2.05) is 0 Å². The van der Waals surface area contributed by atoms with Gasteiger partial charge in [-0.15, -0.1) is 0 Å². The summed E-state index contributed by atoms with van der Waals surface area (Å²) in [7, 11) is 0. The monoisotopic (exact) mass is 325 g/mol. The molecule has 1 amide bonds. The van der Waals surface area contributed by atoms with Crippen LogP contribution in [-0.2, 0) is 20.8 Å². The molecule has 2 N–H and O–H groups in total. The number of nitrogens with one attached hydrogen (secondary N) is 2. The second kappa shape index (κ2) is 7.01. The molecule has 8 heteroatoms. The highest BCUT2D eigenvalue weighted by Crippen LogP contribution is 2.18. The van der Waals surface area contributed by atoms with E-state index in [-0.39, 0.29) is 30.7 Å². The third-order valence-corrected chi connectivity index (χ3v) is 3.61. The van der Waals surface area contributed by atoms with Gasteiger partial charge in [-0.1, -0.05) is 0 Å². The Balaban J connectivity index is 1.47. The first-order valence-corrected chi connectivity index (χ1v) is 7.42. The summed E-state index contributed by atoms with van der Waals surface area (Å²) < 4.78 is 37.3. The Labute approximate surface area is 131 Å². The fraction of sp³-hybridized carbons (Fsp3) is 0.467. The lowest BCUT2D eigenvalue weighted by molar-refractivity contribution is -0.127. The molecule has 1 saturated heterocycles. The van der Waals surface area contributed by atoms with Crippen molar-refractivity contribution < 1.29 is 23.0 Å². The van der Waals surface area contributed by atoms with Crippen molar-refractivity contribution in [1.82, 2.24) is 15.3 Å². The number of H-pyrrole nitrogens is 1. The fourth-order valence-electron chi connectivity index (χ4n) is 2.44. The molecule has 0 radical (unpaired) electrons. The van der Waals surface area contributed by atoms with E-state index in [0.717, 1.165) is 25.5 Å². The number of imidazole rings is 1. The van der Waals surface area contributed by atoms with E-state index < -0.39 is 11.6 Å². The van der Waals surface area contributed by atoms with Crippen molar-refractivity contribution in [1.29, 1.82) is 0 Å². The second-order valence-electron chi connectivity index (χ2n) is 5.37. The first-order chi connectivity index (χ1) is 11.1. The van der Waals surface area contributed by atoms with Crippen molar-refractivity contribution in [3.8, 4) is 0 Å². The summed E-state index contributed by atoms with van der Waals surface area (Å²) in [5.41, 5.74) is 0.298. The smallest absolute Gasteiger partial charge is 0.246 e. The van der Waals surface area contributed by atoms with Gasteiger partial charge in [-0.25, -0.2) is 13.8 Å². The topological polar surface area (TPSA) is 76.2 Å². The van der Waals surface area contributed by atoms with Crippen molar-refractivity contribution in [2.45, 2.75) is 25.5 Å². The van der Waals surface area contributed by atoms with E-state index in [2.05, 4.69) is 15.3 Å². The molecule has 23 heavy (non-hydrogen) atoms. The molecule has 2 heterocycles. The molecule has 6 nitrogen and oxygen atoms in total. The van der Waals surface area contributed by atoms with E-state index in [1.165, 1.54) is 6.07 Å². The molecule has 0 bridgehead atoms. The van der Waals surface area contributed by atoms with Crippen LogP contribution in [0, 0.1) is 11.6 Å². The summed E-state index contributed by atoms with van der Waals surface area (Å²) in [5.74, 6) is -1.93. The third kappa shape index (κ3) is 3.83. The highest BCUT2D eigenvalue weighted by atomic mass is 19.2. The van der Waals surface area contributed by atoms with Crippen LogP contribution in [0.15, 0.2) is 12.1 Å². The minimum atomic E-state index is -1.00. The van der Waals surface area contributed by atoms with Crippen LogP contribution < -0.4 is 5.32 Å². The van der Waals surface area contributed by atoms with Crippen LogP contribution in [-0.4, -0.2) is 41.8 Å². The lowest BCUT2D eigenvalue weighted by Gasteiger charge is -2.09. The van der Waals surface area contributed by atoms with Gasteiger partial charge < -0.3 is 19.8 Å². The normalized spacial score (nSPS) is 17.7. The highest BCUT2D eigenvalue weighted by Gasteiger charge is 2.16. The number of nitrogens with zero attached hydrogens (tertiary/aromatic N) is 1. The Hall–Kier alpha value is -2.06. The van der Waals surface area contributed by atoms with Crippen molar-refractivity contribution >= 4 is 16.9 Å². The number of rotatable bonds is 6. The van der Waals surface area contributed by atoms with Gasteiger partial charge in [-0.3, -0.25) is 4.79 Å². The Kier molecular flexibility index (Phi) is 4.82.